The van der Waals surface area contributed by atoms with E-state index in [1.807, 2.05) is 31.4 Å². The van der Waals surface area contributed by atoms with E-state index in [1.54, 1.807) is 10.9 Å². The largest absolute Gasteiger partial charge is 0.348 e. The molecule has 1 amide bonds. The average Bonchev–Trinajstić information content (AvgIpc) is 2.86. The predicted octanol–water partition coefficient (Wildman–Crippen LogP) is 1.33. The van der Waals surface area contributed by atoms with Gasteiger partial charge in [-0.25, -0.2) is 0 Å². The summed E-state index contributed by atoms with van der Waals surface area (Å²) in [5, 5.41) is 6.93. The number of amides is 1. The van der Waals surface area contributed by atoms with Crippen LogP contribution in [-0.4, -0.2) is 15.7 Å². The Kier molecular flexibility index (Phi) is 1.83. The van der Waals surface area contributed by atoms with Crippen molar-refractivity contribution in [3.05, 3.63) is 41.7 Å². The van der Waals surface area contributed by atoms with Crippen molar-refractivity contribution in [3.8, 4) is 11.1 Å². The van der Waals surface area contributed by atoms with Crippen LogP contribution >= 0.6 is 0 Å². The summed E-state index contributed by atoms with van der Waals surface area (Å²) in [5.74, 6) is 0.0146. The second-order valence-corrected chi connectivity index (χ2v) is 3.96. The van der Waals surface area contributed by atoms with E-state index in [1.165, 1.54) is 0 Å². The van der Waals surface area contributed by atoms with E-state index in [2.05, 4.69) is 10.4 Å². The van der Waals surface area contributed by atoms with E-state index < -0.39 is 0 Å². The number of benzene rings is 1. The first kappa shape index (κ1) is 9.15. The maximum absolute atomic E-state index is 11.5. The van der Waals surface area contributed by atoms with Gasteiger partial charge in [0.1, 0.15) is 0 Å². The molecule has 0 atom stereocenters. The van der Waals surface area contributed by atoms with Gasteiger partial charge in [0.2, 0.25) is 0 Å². The number of aromatic nitrogens is 2. The molecular weight excluding hydrogens is 202 g/mol. The van der Waals surface area contributed by atoms with Gasteiger partial charge < -0.3 is 5.32 Å². The molecule has 2 heterocycles. The third-order valence-electron chi connectivity index (χ3n) is 2.83. The van der Waals surface area contributed by atoms with Gasteiger partial charge in [0, 0.05) is 30.9 Å². The lowest BCUT2D eigenvalue weighted by Gasteiger charge is -2.00. The number of nitrogens with one attached hydrogen (secondary N) is 1. The molecule has 0 bridgehead atoms. The molecule has 1 aliphatic heterocycles. The molecule has 2 aromatic rings. The van der Waals surface area contributed by atoms with Crippen molar-refractivity contribution in [2.24, 2.45) is 7.05 Å². The van der Waals surface area contributed by atoms with Crippen LogP contribution in [0.4, 0.5) is 0 Å². The summed E-state index contributed by atoms with van der Waals surface area (Å²) in [5.41, 5.74) is 3.91. The molecule has 0 saturated carbocycles. The van der Waals surface area contributed by atoms with Crippen LogP contribution in [0.5, 0.6) is 0 Å². The summed E-state index contributed by atoms with van der Waals surface area (Å²) in [6.45, 7) is 0.640. The Hall–Kier alpha value is -2.10. The van der Waals surface area contributed by atoms with Crippen molar-refractivity contribution in [1.29, 1.82) is 0 Å². The Morgan fingerprint density at radius 1 is 1.38 bits per heavy atom. The summed E-state index contributed by atoms with van der Waals surface area (Å²) in [7, 11) is 1.88. The molecule has 1 N–H and O–H groups in total. The zero-order valence-electron chi connectivity index (χ0n) is 8.90. The van der Waals surface area contributed by atoms with Crippen molar-refractivity contribution >= 4 is 5.91 Å². The first-order valence-corrected chi connectivity index (χ1v) is 5.14. The quantitative estimate of drug-likeness (QED) is 0.776. The molecule has 1 aliphatic rings. The Labute approximate surface area is 92.9 Å². The molecule has 0 unspecified atom stereocenters. The second kappa shape index (κ2) is 3.20. The van der Waals surface area contributed by atoms with Crippen molar-refractivity contribution in [2.75, 3.05) is 0 Å². The molecule has 0 fully saturated rings. The van der Waals surface area contributed by atoms with Gasteiger partial charge in [-0.3, -0.25) is 9.48 Å². The summed E-state index contributed by atoms with van der Waals surface area (Å²) in [6, 6.07) is 5.94. The predicted molar refractivity (Wildman–Crippen MR) is 59.8 cm³/mol. The third kappa shape index (κ3) is 1.31. The first-order valence-electron chi connectivity index (χ1n) is 5.14. The molecule has 4 nitrogen and oxygen atoms in total. The maximum atomic E-state index is 11.5. The van der Waals surface area contributed by atoms with Gasteiger partial charge in [0.25, 0.3) is 5.91 Å². The third-order valence-corrected chi connectivity index (χ3v) is 2.83. The van der Waals surface area contributed by atoms with Crippen LogP contribution in [0.2, 0.25) is 0 Å². The van der Waals surface area contributed by atoms with Crippen molar-refractivity contribution < 1.29 is 4.79 Å². The molecule has 0 saturated heterocycles. The van der Waals surface area contributed by atoms with Crippen LogP contribution in [-0.2, 0) is 13.6 Å². The van der Waals surface area contributed by atoms with Crippen molar-refractivity contribution in [2.45, 2.75) is 6.54 Å². The van der Waals surface area contributed by atoms with Gasteiger partial charge in [0.05, 0.1) is 6.20 Å². The normalized spacial score (nSPS) is 13.7. The van der Waals surface area contributed by atoms with Gasteiger partial charge in [-0.15, -0.1) is 0 Å². The molecule has 0 spiro atoms. The van der Waals surface area contributed by atoms with Crippen LogP contribution in [0.1, 0.15) is 15.9 Å². The average molecular weight is 213 g/mol. The number of hydrogen-bond acceptors (Lipinski definition) is 2. The second-order valence-electron chi connectivity index (χ2n) is 3.96. The molecule has 80 valence electrons. The molecule has 0 radical (unpaired) electrons. The summed E-state index contributed by atoms with van der Waals surface area (Å²) < 4.78 is 1.75. The van der Waals surface area contributed by atoms with E-state index >= 15 is 0 Å². The minimum atomic E-state index is 0.0146. The number of carbonyl (C=O) groups excluding carboxylic acids is 1. The van der Waals surface area contributed by atoms with Crippen molar-refractivity contribution in [1.82, 2.24) is 15.1 Å². The molecule has 1 aromatic heterocycles. The van der Waals surface area contributed by atoms with Crippen LogP contribution in [0.3, 0.4) is 0 Å². The minimum absolute atomic E-state index is 0.0146. The zero-order valence-corrected chi connectivity index (χ0v) is 8.90. The zero-order chi connectivity index (χ0) is 11.1. The highest BCUT2D eigenvalue weighted by Crippen LogP contribution is 2.24. The molecule has 0 aliphatic carbocycles. The SMILES string of the molecule is Cn1cc(-c2ccc3c(c2)C(=O)NC3)cn1. The lowest BCUT2D eigenvalue weighted by atomic mass is 10.0. The summed E-state index contributed by atoms with van der Waals surface area (Å²) >= 11 is 0. The highest BCUT2D eigenvalue weighted by molar-refractivity contribution is 5.99. The Morgan fingerprint density at radius 3 is 3.00 bits per heavy atom. The van der Waals surface area contributed by atoms with Gasteiger partial charge >= 0.3 is 0 Å². The van der Waals surface area contributed by atoms with Gasteiger partial charge in [0.15, 0.2) is 0 Å². The fraction of sp³-hybridized carbons (Fsp3) is 0.167. The number of hydrogen-bond donors (Lipinski definition) is 1. The Morgan fingerprint density at radius 2 is 2.25 bits per heavy atom. The Balaban J connectivity index is 2.10. The number of nitrogens with zero attached hydrogens (tertiary/aromatic N) is 2. The van der Waals surface area contributed by atoms with Gasteiger partial charge in [-0.1, -0.05) is 12.1 Å². The summed E-state index contributed by atoms with van der Waals surface area (Å²) in [4.78, 5) is 11.5. The van der Waals surface area contributed by atoms with E-state index in [9.17, 15) is 4.79 Å². The highest BCUT2D eigenvalue weighted by atomic mass is 16.1. The van der Waals surface area contributed by atoms with E-state index in [0.717, 1.165) is 22.3 Å². The fourth-order valence-electron chi connectivity index (χ4n) is 1.96. The number of aryl methyl sites for hydroxylation is 1. The number of rotatable bonds is 1. The minimum Gasteiger partial charge on any atom is -0.348 e. The lowest BCUT2D eigenvalue weighted by molar-refractivity contribution is 0.0966. The van der Waals surface area contributed by atoms with Crippen LogP contribution in [0.15, 0.2) is 30.6 Å². The highest BCUT2D eigenvalue weighted by Gasteiger charge is 2.18. The van der Waals surface area contributed by atoms with Gasteiger partial charge in [-0.2, -0.15) is 5.10 Å². The summed E-state index contributed by atoms with van der Waals surface area (Å²) in [6.07, 6.45) is 3.74. The van der Waals surface area contributed by atoms with Crippen LogP contribution in [0.25, 0.3) is 11.1 Å². The molecule has 4 heteroatoms. The lowest BCUT2D eigenvalue weighted by Crippen LogP contribution is -2.12. The van der Waals surface area contributed by atoms with Crippen LogP contribution < -0.4 is 5.32 Å². The van der Waals surface area contributed by atoms with E-state index in [4.69, 9.17) is 0 Å². The fourth-order valence-corrected chi connectivity index (χ4v) is 1.96. The van der Waals surface area contributed by atoms with Gasteiger partial charge in [-0.05, 0) is 17.2 Å². The Bertz CT molecular complexity index is 571. The topological polar surface area (TPSA) is 46.9 Å². The standard InChI is InChI=1S/C12H11N3O/c1-15-7-10(6-14-15)8-2-3-9-5-13-12(16)11(9)4-8/h2-4,6-7H,5H2,1H3,(H,13,16). The maximum Gasteiger partial charge on any atom is 0.251 e. The smallest absolute Gasteiger partial charge is 0.251 e. The van der Waals surface area contributed by atoms with E-state index in [-0.39, 0.29) is 5.91 Å². The van der Waals surface area contributed by atoms with Crippen LogP contribution in [0, 0.1) is 0 Å². The molecule has 16 heavy (non-hydrogen) atoms. The molecule has 3 rings (SSSR count). The number of carbonyl (C=O) groups is 1. The molecule has 1 aromatic carbocycles. The van der Waals surface area contributed by atoms with E-state index in [0.29, 0.717) is 6.54 Å². The first-order chi connectivity index (χ1) is 7.74. The van der Waals surface area contributed by atoms with Crippen molar-refractivity contribution in [3.63, 3.8) is 0 Å². The monoisotopic (exact) mass is 213 g/mol. The molecular formula is C12H11N3O. The number of fused-ring (bicyclic) bond motifs is 1.